The van der Waals surface area contributed by atoms with Gasteiger partial charge in [-0.2, -0.15) is 24.9 Å². The van der Waals surface area contributed by atoms with Gasteiger partial charge in [-0.3, -0.25) is 4.98 Å². The Balaban J connectivity index is 1.69. The maximum Gasteiger partial charge on any atom is 0.416 e. The fourth-order valence-electron chi connectivity index (χ4n) is 5.32. The average molecular weight is 589 g/mol. The van der Waals surface area contributed by atoms with Crippen LogP contribution < -0.4 is 14.5 Å². The van der Waals surface area contributed by atoms with Crippen molar-refractivity contribution in [2.45, 2.75) is 65.2 Å². The highest BCUT2D eigenvalue weighted by molar-refractivity contribution is 7.98. The van der Waals surface area contributed by atoms with Crippen molar-refractivity contribution in [2.24, 2.45) is 5.92 Å². The average Bonchev–Trinajstić information content (AvgIpc) is 3.48. The Morgan fingerprint density at radius 2 is 1.76 bits per heavy atom. The first-order chi connectivity index (χ1) is 19.7. The number of alkyl halides is 3. The predicted molar refractivity (Wildman–Crippen MR) is 159 cm³/mol. The molecule has 2 aromatic heterocycles. The van der Waals surface area contributed by atoms with E-state index in [0.717, 1.165) is 30.4 Å². The van der Waals surface area contributed by atoms with Crippen molar-refractivity contribution in [3.8, 4) is 5.75 Å². The Kier molecular flexibility index (Phi) is 10.7. The van der Waals surface area contributed by atoms with Crippen molar-refractivity contribution in [2.75, 3.05) is 41.5 Å². The smallest absolute Gasteiger partial charge is 0.416 e. The van der Waals surface area contributed by atoms with Crippen molar-refractivity contribution in [3.05, 3.63) is 65.4 Å². The largest absolute Gasteiger partial charge is 0.489 e. The molecule has 0 saturated heterocycles. The van der Waals surface area contributed by atoms with Crippen LogP contribution in [0.5, 0.6) is 5.75 Å². The van der Waals surface area contributed by atoms with Gasteiger partial charge in [0.05, 0.1) is 37.2 Å². The van der Waals surface area contributed by atoms with Gasteiger partial charge in [0.25, 0.3) is 0 Å². The van der Waals surface area contributed by atoms with Gasteiger partial charge in [-0.15, -0.1) is 0 Å². The lowest BCUT2D eigenvalue weighted by molar-refractivity contribution is -0.137. The Labute approximate surface area is 245 Å². The van der Waals surface area contributed by atoms with Gasteiger partial charge in [0.2, 0.25) is 5.95 Å². The summed E-state index contributed by atoms with van der Waals surface area (Å²) in [6.45, 7) is 8.14. The fraction of sp³-hybridized carbons (Fsp3) is 0.533. The van der Waals surface area contributed by atoms with Crippen LogP contribution in [0.2, 0.25) is 0 Å². The van der Waals surface area contributed by atoms with Gasteiger partial charge in [0.1, 0.15) is 5.69 Å². The van der Waals surface area contributed by atoms with Crippen molar-refractivity contribution >= 4 is 23.5 Å². The number of nitrogens with zero attached hydrogens (tertiary/aromatic N) is 6. The highest BCUT2D eigenvalue weighted by atomic mass is 32.2. The molecule has 1 aromatic carbocycles. The maximum absolute atomic E-state index is 13.7. The number of aryl methyl sites for hydroxylation is 1. The monoisotopic (exact) mass is 588 g/mol. The molecule has 0 radical (unpaired) electrons. The van der Waals surface area contributed by atoms with Gasteiger partial charge >= 0.3 is 6.18 Å². The number of hydrogen-bond acceptors (Lipinski definition) is 8. The summed E-state index contributed by atoms with van der Waals surface area (Å²) in [7, 11) is 0. The number of thioether (sulfide) groups is 1. The first-order valence-electron chi connectivity index (χ1n) is 14.1. The summed E-state index contributed by atoms with van der Waals surface area (Å²) in [6, 6.07) is 3.67. The fourth-order valence-corrected chi connectivity index (χ4v) is 5.57. The predicted octanol–water partition coefficient (Wildman–Crippen LogP) is 7.12. The number of aromatic nitrogens is 4. The number of halogens is 3. The Morgan fingerprint density at radius 1 is 1.05 bits per heavy atom. The van der Waals surface area contributed by atoms with E-state index in [4.69, 9.17) is 14.7 Å². The van der Waals surface area contributed by atoms with E-state index in [0.29, 0.717) is 35.3 Å². The molecule has 1 unspecified atom stereocenters. The number of benzene rings is 1. The maximum atomic E-state index is 13.7. The third kappa shape index (κ3) is 8.24. The highest BCUT2D eigenvalue weighted by Crippen LogP contribution is 2.35. The number of rotatable bonds is 13. The summed E-state index contributed by atoms with van der Waals surface area (Å²) < 4.78 is 46.9. The van der Waals surface area contributed by atoms with E-state index < -0.39 is 17.8 Å². The quantitative estimate of drug-likeness (QED) is 0.196. The van der Waals surface area contributed by atoms with Crippen molar-refractivity contribution in [1.29, 1.82) is 0 Å². The number of hydrogen-bond donors (Lipinski definition) is 0. The van der Waals surface area contributed by atoms with Crippen LogP contribution in [0, 0.1) is 12.8 Å². The molecule has 0 amide bonds. The zero-order chi connectivity index (χ0) is 29.4. The lowest BCUT2D eigenvalue weighted by Crippen LogP contribution is -2.33. The molecule has 0 spiro atoms. The highest BCUT2D eigenvalue weighted by Gasteiger charge is 2.32. The molecule has 3 aromatic rings. The number of anilines is 2. The molecule has 4 rings (SSSR count). The Bertz CT molecular complexity index is 1250. The molecule has 2 heterocycles. The Morgan fingerprint density at radius 3 is 2.41 bits per heavy atom. The summed E-state index contributed by atoms with van der Waals surface area (Å²) >= 11 is 1.68. The molecule has 41 heavy (non-hydrogen) atoms. The van der Waals surface area contributed by atoms with Crippen molar-refractivity contribution < 1.29 is 17.9 Å². The van der Waals surface area contributed by atoms with Crippen molar-refractivity contribution in [3.63, 3.8) is 0 Å². The van der Waals surface area contributed by atoms with E-state index in [1.165, 1.54) is 37.8 Å². The third-order valence-electron chi connectivity index (χ3n) is 7.51. The van der Waals surface area contributed by atoms with Gasteiger partial charge in [-0.25, -0.2) is 15.0 Å². The van der Waals surface area contributed by atoms with E-state index in [9.17, 15) is 13.2 Å². The molecular formula is C30H39F3N6OS. The summed E-state index contributed by atoms with van der Waals surface area (Å²) in [5.74, 6) is 3.16. The zero-order valence-corrected chi connectivity index (χ0v) is 25.0. The van der Waals surface area contributed by atoms with Crippen LogP contribution >= 0.6 is 11.8 Å². The minimum Gasteiger partial charge on any atom is -0.489 e. The summed E-state index contributed by atoms with van der Waals surface area (Å²) in [4.78, 5) is 22.7. The van der Waals surface area contributed by atoms with E-state index >= 15 is 0 Å². The van der Waals surface area contributed by atoms with Crippen LogP contribution in [0.25, 0.3) is 0 Å². The summed E-state index contributed by atoms with van der Waals surface area (Å²) in [6.07, 6.45) is 9.05. The van der Waals surface area contributed by atoms with Gasteiger partial charge < -0.3 is 14.5 Å². The molecular weight excluding hydrogens is 549 g/mol. The van der Waals surface area contributed by atoms with Gasteiger partial charge in [-0.05, 0) is 63.5 Å². The second-order valence-electron chi connectivity index (χ2n) is 10.5. The summed E-state index contributed by atoms with van der Waals surface area (Å²) in [5, 5.41) is 0. The van der Waals surface area contributed by atoms with Crippen molar-refractivity contribution in [1.82, 2.24) is 19.9 Å². The first kappa shape index (κ1) is 30.9. The molecule has 0 bridgehead atoms. The molecule has 1 fully saturated rings. The molecule has 1 aliphatic carbocycles. The molecule has 1 atom stereocenters. The zero-order valence-electron chi connectivity index (χ0n) is 24.2. The molecule has 0 aliphatic heterocycles. The van der Waals surface area contributed by atoms with Gasteiger partial charge in [-0.1, -0.05) is 24.5 Å². The third-order valence-corrected chi connectivity index (χ3v) is 8.09. The topological polar surface area (TPSA) is 67.3 Å². The molecule has 1 saturated carbocycles. The van der Waals surface area contributed by atoms with Gasteiger partial charge in [0.15, 0.2) is 11.6 Å². The van der Waals surface area contributed by atoms with E-state index in [1.54, 1.807) is 49.5 Å². The summed E-state index contributed by atoms with van der Waals surface area (Å²) in [5.41, 5.74) is 1.11. The van der Waals surface area contributed by atoms with E-state index in [2.05, 4.69) is 21.8 Å². The van der Waals surface area contributed by atoms with Crippen LogP contribution in [0.1, 0.15) is 68.0 Å². The lowest BCUT2D eigenvalue weighted by Gasteiger charge is -2.32. The standard InChI is InChI=1S/C30H39F3N6OS/c1-5-38(19-23-8-6-7-9-23)28-27(34-10-11-35-28)20-39(29-36-17-26(18-37-29)40-12-13-41-4)22(3)24-14-21(2)15-25(16-24)30(31,32)33/h10-11,14-18,22-23H,5-9,12-13,19-20H2,1-4H3. The van der Waals surface area contributed by atoms with Gasteiger partial charge in [0, 0.05) is 31.2 Å². The first-order valence-corrected chi connectivity index (χ1v) is 15.5. The molecule has 1 aliphatic rings. The van der Waals surface area contributed by atoms with Crippen LogP contribution in [-0.4, -0.2) is 51.6 Å². The molecule has 222 valence electrons. The lowest BCUT2D eigenvalue weighted by atomic mass is 10.00. The van der Waals surface area contributed by atoms with Crippen LogP contribution in [-0.2, 0) is 12.7 Å². The van der Waals surface area contributed by atoms with E-state index in [1.807, 2.05) is 18.1 Å². The molecule has 11 heteroatoms. The normalized spacial score (nSPS) is 14.7. The molecule has 0 N–H and O–H groups in total. The van der Waals surface area contributed by atoms with Crippen LogP contribution in [0.15, 0.2) is 43.0 Å². The second-order valence-corrected chi connectivity index (χ2v) is 11.5. The Hall–Kier alpha value is -3.08. The number of ether oxygens (including phenoxy) is 1. The van der Waals surface area contributed by atoms with E-state index in [-0.39, 0.29) is 6.54 Å². The second kappa shape index (κ2) is 14.2. The minimum absolute atomic E-state index is 0.271. The SMILES string of the molecule is CCN(CC1CCCC1)c1nccnc1CN(c1ncc(OCCSC)cn1)C(C)c1cc(C)cc(C(F)(F)F)c1. The molecule has 7 nitrogen and oxygen atoms in total. The minimum atomic E-state index is -4.45. The van der Waals surface area contributed by atoms with Crippen LogP contribution in [0.4, 0.5) is 24.9 Å². The van der Waals surface area contributed by atoms with Crippen LogP contribution in [0.3, 0.4) is 0 Å².